The number of benzene rings is 1. The summed E-state index contributed by atoms with van der Waals surface area (Å²) in [6.45, 7) is 6.01. The fourth-order valence-electron chi connectivity index (χ4n) is 2.52. The molecule has 182 valence electrons. The highest BCUT2D eigenvalue weighted by molar-refractivity contribution is 7.11. The first kappa shape index (κ1) is 26.7. The number of aliphatic hydroxyl groups is 1. The van der Waals surface area contributed by atoms with Crippen LogP contribution in [0.5, 0.6) is 5.88 Å². The van der Waals surface area contributed by atoms with Crippen LogP contribution in [0.3, 0.4) is 0 Å². The second kappa shape index (κ2) is 11.5. The van der Waals surface area contributed by atoms with E-state index >= 15 is 0 Å². The Bertz CT molecular complexity index is 1000. The van der Waals surface area contributed by atoms with E-state index in [1.807, 2.05) is 20.8 Å². The van der Waals surface area contributed by atoms with Crippen LogP contribution in [0.2, 0.25) is 5.02 Å². The second-order valence-corrected chi connectivity index (χ2v) is 9.34. The Hall–Kier alpha value is -2.54. The van der Waals surface area contributed by atoms with E-state index in [1.165, 1.54) is 0 Å². The molecule has 1 heterocycles. The Kier molecular flexibility index (Phi) is 9.35. The molecule has 13 heteroatoms. The molecule has 2 rings (SSSR count). The van der Waals surface area contributed by atoms with Gasteiger partial charge >= 0.3 is 6.03 Å². The third kappa shape index (κ3) is 8.39. The standard InChI is InChI=1S/C20H26ClF2N5O4S/c1-20(2,3)26-8-11(29)4-5-25-19(31)27-18-15(16(24)30)17(28-33-18)32-9-10-6-14(23)12(21)7-13(10)22/h6-7,11,26,29H,4-5,8-9H2,1-3H3,(H2,24,30)(H2,25,27,31). The van der Waals surface area contributed by atoms with Gasteiger partial charge in [-0.2, -0.15) is 4.37 Å². The maximum absolute atomic E-state index is 13.9. The molecule has 0 saturated carbocycles. The first-order valence-corrected chi connectivity index (χ1v) is 11.1. The number of halogens is 3. The van der Waals surface area contributed by atoms with Crippen LogP contribution in [0.15, 0.2) is 12.1 Å². The summed E-state index contributed by atoms with van der Waals surface area (Å²) in [5.74, 6) is -2.79. The van der Waals surface area contributed by atoms with Crippen molar-refractivity contribution in [1.82, 2.24) is 15.0 Å². The highest BCUT2D eigenvalue weighted by Gasteiger charge is 2.23. The lowest BCUT2D eigenvalue weighted by Gasteiger charge is -2.22. The van der Waals surface area contributed by atoms with Crippen LogP contribution in [-0.2, 0) is 6.61 Å². The Labute approximate surface area is 198 Å². The molecule has 1 atom stereocenters. The van der Waals surface area contributed by atoms with Gasteiger partial charge in [-0.15, -0.1) is 0 Å². The summed E-state index contributed by atoms with van der Waals surface area (Å²) in [7, 11) is 0. The van der Waals surface area contributed by atoms with Crippen LogP contribution in [0, 0.1) is 11.6 Å². The third-order valence-electron chi connectivity index (χ3n) is 4.22. The normalized spacial score (nSPS) is 12.3. The predicted octanol–water partition coefficient (Wildman–Crippen LogP) is 3.01. The van der Waals surface area contributed by atoms with Crippen LogP contribution < -0.4 is 26.4 Å². The Morgan fingerprint density at radius 1 is 1.30 bits per heavy atom. The van der Waals surface area contributed by atoms with Gasteiger partial charge in [0, 0.05) is 24.2 Å². The zero-order valence-corrected chi connectivity index (χ0v) is 19.9. The minimum Gasteiger partial charge on any atom is -0.471 e. The first-order valence-electron chi connectivity index (χ1n) is 9.91. The van der Waals surface area contributed by atoms with E-state index in [0.29, 0.717) is 13.0 Å². The van der Waals surface area contributed by atoms with E-state index in [1.54, 1.807) is 0 Å². The number of β-amino-alcohol motifs (C(OH)–C–C–N with tert-alkyl or cyclic N) is 1. The van der Waals surface area contributed by atoms with Crippen molar-refractivity contribution in [3.8, 4) is 5.88 Å². The van der Waals surface area contributed by atoms with Crippen molar-refractivity contribution in [2.45, 2.75) is 45.4 Å². The molecule has 0 fully saturated rings. The molecule has 0 aliphatic carbocycles. The van der Waals surface area contributed by atoms with Crippen LogP contribution in [0.25, 0.3) is 0 Å². The van der Waals surface area contributed by atoms with E-state index in [0.717, 1.165) is 23.7 Å². The minimum absolute atomic E-state index is 0.0210. The van der Waals surface area contributed by atoms with Crippen molar-refractivity contribution in [1.29, 1.82) is 0 Å². The van der Waals surface area contributed by atoms with Gasteiger partial charge in [0.2, 0.25) is 5.88 Å². The number of rotatable bonds is 10. The zero-order valence-electron chi connectivity index (χ0n) is 18.3. The Morgan fingerprint density at radius 3 is 2.64 bits per heavy atom. The zero-order chi connectivity index (χ0) is 24.8. The van der Waals surface area contributed by atoms with E-state index < -0.39 is 36.3 Å². The van der Waals surface area contributed by atoms with E-state index in [4.69, 9.17) is 22.1 Å². The molecular formula is C20H26ClF2N5O4S. The molecule has 1 aromatic carbocycles. The lowest BCUT2D eigenvalue weighted by atomic mass is 10.1. The molecule has 0 radical (unpaired) electrons. The van der Waals surface area contributed by atoms with Crippen molar-refractivity contribution in [3.63, 3.8) is 0 Å². The number of anilines is 1. The second-order valence-electron chi connectivity index (χ2n) is 8.16. The van der Waals surface area contributed by atoms with Gasteiger partial charge in [0.25, 0.3) is 5.91 Å². The van der Waals surface area contributed by atoms with Gasteiger partial charge in [0.05, 0.1) is 11.1 Å². The maximum Gasteiger partial charge on any atom is 0.319 e. The largest absolute Gasteiger partial charge is 0.471 e. The lowest BCUT2D eigenvalue weighted by molar-refractivity contribution is 0.0996. The lowest BCUT2D eigenvalue weighted by Crippen LogP contribution is -2.42. The van der Waals surface area contributed by atoms with Crippen molar-refractivity contribution >= 4 is 40.1 Å². The molecule has 0 aliphatic rings. The fourth-order valence-corrected chi connectivity index (χ4v) is 3.41. The van der Waals surface area contributed by atoms with Gasteiger partial charge in [0.15, 0.2) is 0 Å². The fraction of sp³-hybridized carbons (Fsp3) is 0.450. The summed E-state index contributed by atoms with van der Waals surface area (Å²) >= 11 is 6.25. The van der Waals surface area contributed by atoms with Crippen LogP contribution in [-0.4, -0.2) is 46.2 Å². The first-order chi connectivity index (χ1) is 15.4. The van der Waals surface area contributed by atoms with Crippen molar-refractivity contribution in [3.05, 3.63) is 39.9 Å². The predicted molar refractivity (Wildman–Crippen MR) is 122 cm³/mol. The number of nitrogens with two attached hydrogens (primary N) is 1. The summed E-state index contributed by atoms with van der Waals surface area (Å²) in [6, 6.07) is 1.03. The number of urea groups is 1. The average molecular weight is 506 g/mol. The van der Waals surface area contributed by atoms with Crippen LogP contribution in [0.1, 0.15) is 43.1 Å². The smallest absolute Gasteiger partial charge is 0.319 e. The molecular weight excluding hydrogens is 480 g/mol. The number of carbonyl (C=O) groups is 2. The van der Waals surface area contributed by atoms with Gasteiger partial charge in [-0.25, -0.2) is 13.6 Å². The highest BCUT2D eigenvalue weighted by Crippen LogP contribution is 2.31. The monoisotopic (exact) mass is 505 g/mol. The number of aliphatic hydroxyl groups excluding tert-OH is 1. The number of nitrogens with one attached hydrogen (secondary N) is 3. The molecule has 3 amide bonds. The number of hydrogen-bond acceptors (Lipinski definition) is 7. The van der Waals surface area contributed by atoms with Crippen LogP contribution >= 0.6 is 23.1 Å². The number of ether oxygens (including phenoxy) is 1. The van der Waals surface area contributed by atoms with Gasteiger partial charge in [0.1, 0.15) is 28.8 Å². The number of nitrogens with zero attached hydrogens (tertiary/aromatic N) is 1. The van der Waals surface area contributed by atoms with E-state index in [-0.39, 0.29) is 39.1 Å². The summed E-state index contributed by atoms with van der Waals surface area (Å²) < 4.78 is 36.7. The van der Waals surface area contributed by atoms with E-state index in [9.17, 15) is 23.5 Å². The van der Waals surface area contributed by atoms with Gasteiger partial charge in [-0.1, -0.05) is 11.6 Å². The van der Waals surface area contributed by atoms with Crippen molar-refractivity contribution < 1.29 is 28.2 Å². The number of hydrogen-bond donors (Lipinski definition) is 5. The van der Waals surface area contributed by atoms with Gasteiger partial charge < -0.3 is 26.2 Å². The molecule has 33 heavy (non-hydrogen) atoms. The Balaban J connectivity index is 1.94. The molecule has 0 aliphatic heterocycles. The van der Waals surface area contributed by atoms with Gasteiger partial charge in [-0.05, 0) is 50.9 Å². The summed E-state index contributed by atoms with van der Waals surface area (Å²) in [6.07, 6.45) is -0.355. The minimum atomic E-state index is -0.930. The van der Waals surface area contributed by atoms with Crippen LogP contribution in [0.4, 0.5) is 18.6 Å². The van der Waals surface area contributed by atoms with Gasteiger partial charge in [-0.3, -0.25) is 10.1 Å². The molecule has 0 spiro atoms. The number of amides is 3. The molecule has 0 bridgehead atoms. The molecule has 0 saturated heterocycles. The Morgan fingerprint density at radius 2 is 2.00 bits per heavy atom. The molecule has 1 unspecified atom stereocenters. The third-order valence-corrected chi connectivity index (χ3v) is 5.25. The molecule has 2 aromatic rings. The average Bonchev–Trinajstić information content (AvgIpc) is 3.10. The topological polar surface area (TPSA) is 139 Å². The summed E-state index contributed by atoms with van der Waals surface area (Å²) in [4.78, 5) is 24.0. The number of aromatic nitrogens is 1. The van der Waals surface area contributed by atoms with Crippen molar-refractivity contribution in [2.24, 2.45) is 5.73 Å². The molecule has 6 N–H and O–H groups in total. The van der Waals surface area contributed by atoms with E-state index in [2.05, 4.69) is 20.3 Å². The number of carbonyl (C=O) groups excluding carboxylic acids is 2. The maximum atomic E-state index is 13.9. The highest BCUT2D eigenvalue weighted by atomic mass is 35.5. The summed E-state index contributed by atoms with van der Waals surface area (Å²) in [5, 5.41) is 17.8. The number of primary amides is 1. The molecule has 9 nitrogen and oxygen atoms in total. The summed E-state index contributed by atoms with van der Waals surface area (Å²) in [5.41, 5.74) is 4.87. The van der Waals surface area contributed by atoms with Crippen molar-refractivity contribution in [2.75, 3.05) is 18.4 Å². The quantitative estimate of drug-likeness (QED) is 0.315. The SMILES string of the molecule is CC(C)(C)NCC(O)CCNC(=O)Nc1snc(OCc2cc(F)c(Cl)cc2F)c1C(N)=O. The molecule has 1 aromatic heterocycles.